The van der Waals surface area contributed by atoms with Crippen LogP contribution in [0.3, 0.4) is 0 Å². The molecule has 0 amide bonds. The maximum Gasteiger partial charge on any atom is 0.155 e. The minimum absolute atomic E-state index is 0.121. The van der Waals surface area contributed by atoms with E-state index >= 15 is 0 Å². The van der Waals surface area contributed by atoms with Gasteiger partial charge in [0.25, 0.3) is 0 Å². The molecular formula is C19H26O3. The van der Waals surface area contributed by atoms with Gasteiger partial charge in [-0.2, -0.15) is 0 Å². The van der Waals surface area contributed by atoms with Gasteiger partial charge in [-0.3, -0.25) is 4.79 Å². The van der Waals surface area contributed by atoms with Crippen LogP contribution in [0.25, 0.3) is 6.08 Å². The Kier molecular flexibility index (Phi) is 5.41. The van der Waals surface area contributed by atoms with Gasteiger partial charge in [-0.1, -0.05) is 25.5 Å². The van der Waals surface area contributed by atoms with Gasteiger partial charge in [-0.15, -0.1) is 0 Å². The Morgan fingerprint density at radius 3 is 2.86 bits per heavy atom. The smallest absolute Gasteiger partial charge is 0.155 e. The Balaban J connectivity index is 1.89. The lowest BCUT2D eigenvalue weighted by atomic mass is 9.67. The second-order valence-corrected chi connectivity index (χ2v) is 6.83. The number of furan rings is 1. The Hall–Kier alpha value is -1.61. The van der Waals surface area contributed by atoms with Crippen LogP contribution in [0, 0.1) is 11.3 Å². The minimum Gasteiger partial charge on any atom is -0.459 e. The molecule has 120 valence electrons. The van der Waals surface area contributed by atoms with E-state index in [-0.39, 0.29) is 17.8 Å². The van der Waals surface area contributed by atoms with E-state index in [0.717, 1.165) is 12.8 Å². The third kappa shape index (κ3) is 4.20. The number of allylic oxidation sites excluding steroid dienone is 3. The average Bonchev–Trinajstić information content (AvgIpc) is 2.92. The van der Waals surface area contributed by atoms with Gasteiger partial charge in [0.1, 0.15) is 18.1 Å². The van der Waals surface area contributed by atoms with Gasteiger partial charge in [0.15, 0.2) is 5.78 Å². The fraction of sp³-hybridized carbons (Fsp3) is 0.526. The molecule has 0 saturated heterocycles. The summed E-state index contributed by atoms with van der Waals surface area (Å²) in [5.41, 5.74) is 1.70. The summed E-state index contributed by atoms with van der Waals surface area (Å²) < 4.78 is 5.33. The maximum atomic E-state index is 12.1. The van der Waals surface area contributed by atoms with Crippen molar-refractivity contribution in [2.24, 2.45) is 11.3 Å². The SMILES string of the molecule is CC1=CCCC(C)(C)C1CCC(=O)/C=C/c1ccc(CO)o1. The first kappa shape index (κ1) is 16.8. The van der Waals surface area contributed by atoms with Gasteiger partial charge in [0.2, 0.25) is 0 Å². The molecule has 22 heavy (non-hydrogen) atoms. The lowest BCUT2D eigenvalue weighted by molar-refractivity contribution is -0.114. The van der Waals surface area contributed by atoms with Crippen LogP contribution in [-0.4, -0.2) is 10.9 Å². The van der Waals surface area contributed by atoms with E-state index in [1.54, 1.807) is 24.3 Å². The Morgan fingerprint density at radius 2 is 2.23 bits per heavy atom. The minimum atomic E-state index is -0.121. The van der Waals surface area contributed by atoms with E-state index in [2.05, 4.69) is 26.8 Å². The summed E-state index contributed by atoms with van der Waals surface area (Å²) in [6.07, 6.45) is 9.37. The van der Waals surface area contributed by atoms with Crippen LogP contribution in [0.2, 0.25) is 0 Å². The van der Waals surface area contributed by atoms with Gasteiger partial charge in [-0.25, -0.2) is 0 Å². The number of aliphatic hydroxyl groups is 1. The Morgan fingerprint density at radius 1 is 1.45 bits per heavy atom. The number of hydrogen-bond donors (Lipinski definition) is 1. The van der Waals surface area contributed by atoms with Crippen molar-refractivity contribution in [3.8, 4) is 0 Å². The summed E-state index contributed by atoms with van der Waals surface area (Å²) in [5.74, 6) is 1.72. The van der Waals surface area contributed by atoms with Crippen molar-refractivity contribution in [3.05, 3.63) is 41.4 Å². The van der Waals surface area contributed by atoms with E-state index in [1.807, 2.05) is 0 Å². The normalized spacial score (nSPS) is 21.1. The zero-order chi connectivity index (χ0) is 16.2. The van der Waals surface area contributed by atoms with E-state index in [1.165, 1.54) is 12.0 Å². The van der Waals surface area contributed by atoms with Crippen LogP contribution in [0.5, 0.6) is 0 Å². The van der Waals surface area contributed by atoms with Crippen molar-refractivity contribution >= 4 is 11.9 Å². The number of hydrogen-bond acceptors (Lipinski definition) is 3. The molecule has 1 unspecified atom stereocenters. The molecule has 0 aliphatic heterocycles. The predicted molar refractivity (Wildman–Crippen MR) is 88.2 cm³/mol. The summed E-state index contributed by atoms with van der Waals surface area (Å²) >= 11 is 0. The molecule has 1 aliphatic rings. The molecule has 2 rings (SSSR count). The van der Waals surface area contributed by atoms with Gasteiger partial charge in [0, 0.05) is 6.42 Å². The lowest BCUT2D eigenvalue weighted by Crippen LogP contribution is -2.28. The summed E-state index contributed by atoms with van der Waals surface area (Å²) in [4.78, 5) is 12.1. The first-order chi connectivity index (χ1) is 10.4. The summed E-state index contributed by atoms with van der Waals surface area (Å²) in [6, 6.07) is 3.47. The second-order valence-electron chi connectivity index (χ2n) is 6.83. The molecule has 1 atom stereocenters. The van der Waals surface area contributed by atoms with Gasteiger partial charge in [0.05, 0.1) is 0 Å². The number of ketones is 1. The molecule has 1 aliphatic carbocycles. The van der Waals surface area contributed by atoms with Gasteiger partial charge in [-0.05, 0) is 61.8 Å². The van der Waals surface area contributed by atoms with E-state index in [9.17, 15) is 4.79 Å². The maximum absolute atomic E-state index is 12.1. The fourth-order valence-corrected chi connectivity index (χ4v) is 3.34. The molecule has 0 fully saturated rings. The zero-order valence-corrected chi connectivity index (χ0v) is 13.8. The average molecular weight is 302 g/mol. The van der Waals surface area contributed by atoms with Crippen LogP contribution in [0.4, 0.5) is 0 Å². The van der Waals surface area contributed by atoms with E-state index in [0.29, 0.717) is 23.9 Å². The Bertz CT molecular complexity index is 575. The Labute approximate surface area is 132 Å². The lowest BCUT2D eigenvalue weighted by Gasteiger charge is -2.38. The van der Waals surface area contributed by atoms with Crippen molar-refractivity contribution < 1.29 is 14.3 Å². The highest BCUT2D eigenvalue weighted by atomic mass is 16.4. The number of carbonyl (C=O) groups is 1. The quantitative estimate of drug-likeness (QED) is 0.621. The van der Waals surface area contributed by atoms with Crippen LogP contribution >= 0.6 is 0 Å². The monoisotopic (exact) mass is 302 g/mol. The highest BCUT2D eigenvalue weighted by Gasteiger charge is 2.32. The summed E-state index contributed by atoms with van der Waals surface area (Å²) in [7, 11) is 0. The molecule has 3 heteroatoms. The molecular weight excluding hydrogens is 276 g/mol. The molecule has 1 aromatic rings. The first-order valence-corrected chi connectivity index (χ1v) is 7.99. The molecule has 3 nitrogen and oxygen atoms in total. The molecule has 1 aromatic heterocycles. The fourth-order valence-electron chi connectivity index (χ4n) is 3.34. The largest absolute Gasteiger partial charge is 0.459 e. The van der Waals surface area contributed by atoms with Crippen molar-refractivity contribution in [2.45, 2.75) is 53.1 Å². The number of aliphatic hydroxyl groups excluding tert-OH is 1. The van der Waals surface area contributed by atoms with Crippen molar-refractivity contribution in [2.75, 3.05) is 0 Å². The summed E-state index contributed by atoms with van der Waals surface area (Å²) in [6.45, 7) is 6.66. The van der Waals surface area contributed by atoms with Gasteiger partial charge >= 0.3 is 0 Å². The van der Waals surface area contributed by atoms with Gasteiger partial charge < -0.3 is 9.52 Å². The summed E-state index contributed by atoms with van der Waals surface area (Å²) in [5, 5.41) is 8.94. The van der Waals surface area contributed by atoms with Crippen LogP contribution in [-0.2, 0) is 11.4 Å². The highest BCUT2D eigenvalue weighted by molar-refractivity contribution is 5.93. The van der Waals surface area contributed by atoms with Crippen LogP contribution < -0.4 is 0 Å². The molecule has 0 bridgehead atoms. The third-order valence-electron chi connectivity index (χ3n) is 4.70. The van der Waals surface area contributed by atoms with Crippen molar-refractivity contribution in [1.82, 2.24) is 0 Å². The molecule has 1 N–H and O–H groups in total. The first-order valence-electron chi connectivity index (χ1n) is 7.99. The molecule has 0 saturated carbocycles. The topological polar surface area (TPSA) is 50.4 Å². The highest BCUT2D eigenvalue weighted by Crippen LogP contribution is 2.43. The van der Waals surface area contributed by atoms with Crippen molar-refractivity contribution in [3.63, 3.8) is 0 Å². The second kappa shape index (κ2) is 7.10. The zero-order valence-electron chi connectivity index (χ0n) is 13.8. The van der Waals surface area contributed by atoms with E-state index < -0.39 is 0 Å². The standard InChI is InChI=1S/C19H26O3/c1-14-5-4-12-19(2,3)18(14)11-7-15(21)6-8-16-9-10-17(13-20)22-16/h5-6,8-10,18,20H,4,7,11-13H2,1-3H3/b8-6+. The molecule has 0 radical (unpaired) electrons. The van der Waals surface area contributed by atoms with Crippen molar-refractivity contribution in [1.29, 1.82) is 0 Å². The van der Waals surface area contributed by atoms with Crippen LogP contribution in [0.15, 0.2) is 34.3 Å². The molecule has 0 aromatic carbocycles. The van der Waals surface area contributed by atoms with E-state index in [4.69, 9.17) is 9.52 Å². The number of carbonyl (C=O) groups excluding carboxylic acids is 1. The third-order valence-corrected chi connectivity index (χ3v) is 4.70. The number of rotatable bonds is 6. The predicted octanol–water partition coefficient (Wildman–Crippen LogP) is 4.52. The molecule has 1 heterocycles. The van der Waals surface area contributed by atoms with Crippen LogP contribution in [0.1, 0.15) is 58.0 Å². The molecule has 0 spiro atoms.